The van der Waals surface area contributed by atoms with Gasteiger partial charge in [-0.3, -0.25) is 9.59 Å². The topological polar surface area (TPSA) is 95.5 Å². The number of hydrogen-bond donors (Lipinski definition) is 3. The van der Waals surface area contributed by atoms with E-state index in [0.29, 0.717) is 16.5 Å². The van der Waals surface area contributed by atoms with Crippen LogP contribution in [0, 0.1) is 6.92 Å². The van der Waals surface area contributed by atoms with Gasteiger partial charge in [0.1, 0.15) is 5.25 Å². The van der Waals surface area contributed by atoms with Crippen LogP contribution in [0.2, 0.25) is 0 Å². The van der Waals surface area contributed by atoms with Gasteiger partial charge < -0.3 is 15.7 Å². The maximum Gasteiger partial charge on any atom is 0.336 e. The van der Waals surface area contributed by atoms with Crippen molar-refractivity contribution in [1.82, 2.24) is 0 Å². The fourth-order valence-electron chi connectivity index (χ4n) is 4.50. The molecule has 5 aromatic carbocycles. The van der Waals surface area contributed by atoms with Crippen LogP contribution in [0.15, 0.2) is 120 Å². The van der Waals surface area contributed by atoms with E-state index in [-0.39, 0.29) is 17.0 Å². The number of anilines is 2. The number of aromatic carboxylic acids is 1. The molecule has 7 heteroatoms. The number of carboxylic acid groups (broad SMARTS) is 1. The molecule has 1 atom stereocenters. The second-order valence-electron chi connectivity index (χ2n) is 9.21. The lowest BCUT2D eigenvalue weighted by molar-refractivity contribution is -0.115. The van der Waals surface area contributed by atoms with Gasteiger partial charge in [-0.25, -0.2) is 4.79 Å². The molecule has 0 heterocycles. The molecular weight excluding hydrogens is 520 g/mol. The highest BCUT2D eigenvalue weighted by molar-refractivity contribution is 8.00. The molecule has 0 fully saturated rings. The zero-order valence-electron chi connectivity index (χ0n) is 21.6. The van der Waals surface area contributed by atoms with Gasteiger partial charge in [-0.2, -0.15) is 0 Å². The summed E-state index contributed by atoms with van der Waals surface area (Å²) in [6, 6.07) is 34.5. The minimum absolute atomic E-state index is 0.0675. The fraction of sp³-hybridized carbons (Fsp3) is 0.0606. The lowest BCUT2D eigenvalue weighted by Gasteiger charge is -2.18. The summed E-state index contributed by atoms with van der Waals surface area (Å²) >= 11 is 1.38. The average Bonchev–Trinajstić information content (AvgIpc) is 2.97. The first-order valence-electron chi connectivity index (χ1n) is 12.7. The number of hydrogen-bond acceptors (Lipinski definition) is 4. The average molecular weight is 547 g/mol. The maximum absolute atomic E-state index is 13.5. The Balaban J connectivity index is 1.41. The third kappa shape index (κ3) is 5.90. The third-order valence-electron chi connectivity index (χ3n) is 6.47. The van der Waals surface area contributed by atoms with Gasteiger partial charge in [0, 0.05) is 27.2 Å². The number of fused-ring (bicyclic) bond motifs is 1. The van der Waals surface area contributed by atoms with Crippen LogP contribution < -0.4 is 10.6 Å². The van der Waals surface area contributed by atoms with Crippen LogP contribution in [-0.4, -0.2) is 22.9 Å². The zero-order chi connectivity index (χ0) is 28.1. The lowest BCUT2D eigenvalue weighted by atomic mass is 9.98. The molecule has 3 N–H and O–H groups in total. The van der Waals surface area contributed by atoms with Crippen molar-refractivity contribution >= 4 is 51.7 Å². The summed E-state index contributed by atoms with van der Waals surface area (Å²) in [4.78, 5) is 39.4. The highest BCUT2D eigenvalue weighted by Gasteiger charge is 2.23. The molecule has 6 nitrogen and oxygen atoms in total. The van der Waals surface area contributed by atoms with Gasteiger partial charge in [0.2, 0.25) is 5.91 Å². The number of nitrogens with one attached hydrogen (secondary N) is 2. The minimum atomic E-state index is -1.10. The van der Waals surface area contributed by atoms with Gasteiger partial charge >= 0.3 is 5.97 Å². The molecule has 0 aromatic heterocycles. The summed E-state index contributed by atoms with van der Waals surface area (Å²) in [5.74, 6) is -1.67. The number of benzene rings is 5. The Labute approximate surface area is 236 Å². The predicted molar refractivity (Wildman–Crippen MR) is 160 cm³/mol. The van der Waals surface area contributed by atoms with Crippen LogP contribution in [-0.2, 0) is 4.79 Å². The van der Waals surface area contributed by atoms with Gasteiger partial charge in [-0.1, -0.05) is 78.9 Å². The summed E-state index contributed by atoms with van der Waals surface area (Å²) < 4.78 is 0. The number of carbonyl (C=O) groups is 3. The Morgan fingerprint density at radius 3 is 2.12 bits per heavy atom. The van der Waals surface area contributed by atoms with E-state index in [2.05, 4.69) is 10.6 Å². The Morgan fingerprint density at radius 2 is 1.40 bits per heavy atom. The standard InChI is InChI=1S/C33H26N2O4S/c1-21-10-5-6-19-28(21)35-32(37)30(23-11-3-2-4-12-23)40-25-16-9-15-24(20-25)34-31(36)26-17-7-13-22-14-8-18-27(29(22)26)33(38)39/h2-20,30H,1H3,(H,34,36)(H,35,37)(H,38,39). The van der Waals surface area contributed by atoms with Crippen molar-refractivity contribution < 1.29 is 19.5 Å². The van der Waals surface area contributed by atoms with Gasteiger partial charge in [-0.15, -0.1) is 11.8 Å². The predicted octanol–water partition coefficient (Wildman–Crippen LogP) is 7.57. The molecular formula is C33H26N2O4S. The SMILES string of the molecule is Cc1ccccc1NC(=O)C(Sc1cccc(NC(=O)c2cccc3cccc(C(=O)O)c23)c1)c1ccccc1. The van der Waals surface area contributed by atoms with Gasteiger partial charge in [-0.05, 0) is 59.8 Å². The Bertz CT molecular complexity index is 1710. The maximum atomic E-state index is 13.5. The van der Waals surface area contributed by atoms with Gasteiger partial charge in [0.15, 0.2) is 0 Å². The Hall–Kier alpha value is -4.88. The Morgan fingerprint density at radius 1 is 0.725 bits per heavy atom. The monoisotopic (exact) mass is 546 g/mol. The zero-order valence-corrected chi connectivity index (χ0v) is 22.4. The molecule has 0 aliphatic heterocycles. The van der Waals surface area contributed by atoms with Crippen LogP contribution in [0.25, 0.3) is 10.8 Å². The van der Waals surface area contributed by atoms with E-state index in [4.69, 9.17) is 0 Å². The summed E-state index contributed by atoms with van der Waals surface area (Å²) in [5, 5.41) is 16.1. The van der Waals surface area contributed by atoms with Crippen molar-refractivity contribution in [2.24, 2.45) is 0 Å². The van der Waals surface area contributed by atoms with E-state index in [0.717, 1.165) is 21.7 Å². The van der Waals surface area contributed by atoms with Crippen LogP contribution in [0.4, 0.5) is 11.4 Å². The second kappa shape index (κ2) is 11.9. The molecule has 0 aliphatic rings. The molecule has 0 radical (unpaired) electrons. The van der Waals surface area contributed by atoms with E-state index < -0.39 is 17.1 Å². The molecule has 0 spiro atoms. The highest BCUT2D eigenvalue weighted by Crippen LogP contribution is 2.37. The highest BCUT2D eigenvalue weighted by atomic mass is 32.2. The number of para-hydroxylation sites is 1. The summed E-state index contributed by atoms with van der Waals surface area (Å²) in [5.41, 5.74) is 3.45. The first-order valence-corrected chi connectivity index (χ1v) is 13.5. The molecule has 0 saturated carbocycles. The molecule has 198 valence electrons. The smallest absolute Gasteiger partial charge is 0.336 e. The quantitative estimate of drug-likeness (QED) is 0.175. The van der Waals surface area contributed by atoms with Crippen LogP contribution >= 0.6 is 11.8 Å². The fourth-order valence-corrected chi connectivity index (χ4v) is 5.59. The third-order valence-corrected chi connectivity index (χ3v) is 7.72. The van der Waals surface area contributed by atoms with E-state index in [1.165, 1.54) is 17.8 Å². The first-order chi connectivity index (χ1) is 19.4. The molecule has 0 aliphatic carbocycles. The summed E-state index contributed by atoms with van der Waals surface area (Å²) in [6.45, 7) is 1.95. The molecule has 2 amide bonds. The Kier molecular flexibility index (Phi) is 7.94. The number of amides is 2. The first kappa shape index (κ1) is 26.7. The van der Waals surface area contributed by atoms with Crippen molar-refractivity contribution in [3.63, 3.8) is 0 Å². The largest absolute Gasteiger partial charge is 0.478 e. The van der Waals surface area contributed by atoms with E-state index in [1.807, 2.05) is 79.7 Å². The number of carboxylic acids is 1. The molecule has 0 saturated heterocycles. The van der Waals surface area contributed by atoms with Gasteiger partial charge in [0.25, 0.3) is 5.91 Å². The summed E-state index contributed by atoms with van der Waals surface area (Å²) in [6.07, 6.45) is 0. The molecule has 40 heavy (non-hydrogen) atoms. The van der Waals surface area contributed by atoms with Crippen molar-refractivity contribution in [1.29, 1.82) is 0 Å². The summed E-state index contributed by atoms with van der Waals surface area (Å²) in [7, 11) is 0. The molecule has 5 aromatic rings. The normalized spacial score (nSPS) is 11.5. The van der Waals surface area contributed by atoms with Crippen LogP contribution in [0.5, 0.6) is 0 Å². The van der Waals surface area contributed by atoms with E-state index in [1.54, 1.807) is 36.4 Å². The molecule has 1 unspecified atom stereocenters. The lowest BCUT2D eigenvalue weighted by Crippen LogP contribution is -2.19. The number of carbonyl (C=O) groups excluding carboxylic acids is 2. The number of rotatable bonds is 8. The van der Waals surface area contributed by atoms with Crippen LogP contribution in [0.3, 0.4) is 0 Å². The minimum Gasteiger partial charge on any atom is -0.478 e. The van der Waals surface area contributed by atoms with Crippen molar-refractivity contribution in [3.05, 3.63) is 138 Å². The second-order valence-corrected chi connectivity index (χ2v) is 10.4. The molecule has 0 bridgehead atoms. The van der Waals surface area contributed by atoms with Gasteiger partial charge in [0.05, 0.1) is 5.56 Å². The number of thioether (sulfide) groups is 1. The number of aryl methyl sites for hydroxylation is 1. The van der Waals surface area contributed by atoms with E-state index in [9.17, 15) is 19.5 Å². The van der Waals surface area contributed by atoms with Crippen LogP contribution in [0.1, 0.15) is 37.1 Å². The van der Waals surface area contributed by atoms with E-state index >= 15 is 0 Å². The van der Waals surface area contributed by atoms with Crippen molar-refractivity contribution in [2.75, 3.05) is 10.6 Å². The molecule has 5 rings (SSSR count). The van der Waals surface area contributed by atoms with Crippen molar-refractivity contribution in [2.45, 2.75) is 17.1 Å². The van der Waals surface area contributed by atoms with Crippen molar-refractivity contribution in [3.8, 4) is 0 Å².